The third-order valence-corrected chi connectivity index (χ3v) is 3.28. The van der Waals surface area contributed by atoms with Crippen LogP contribution >= 0.6 is 0 Å². The SMILES string of the molecule is COc1ccc(NCCC(=O)Nc2ccc(OC(C)C)cc2)cc1. The third-order valence-electron chi connectivity index (χ3n) is 3.28. The Hall–Kier alpha value is -2.69. The van der Waals surface area contributed by atoms with E-state index >= 15 is 0 Å². The van der Waals surface area contributed by atoms with Gasteiger partial charge in [0.1, 0.15) is 11.5 Å². The molecule has 5 heteroatoms. The first-order valence-corrected chi connectivity index (χ1v) is 8.01. The molecule has 2 rings (SSSR count). The zero-order chi connectivity index (χ0) is 17.4. The van der Waals surface area contributed by atoms with Gasteiger partial charge >= 0.3 is 0 Å². The Morgan fingerprint density at radius 3 is 2.12 bits per heavy atom. The maximum absolute atomic E-state index is 12.0. The van der Waals surface area contributed by atoms with Crippen LogP contribution in [0.1, 0.15) is 20.3 Å². The van der Waals surface area contributed by atoms with Crippen molar-refractivity contribution in [2.75, 3.05) is 24.3 Å². The van der Waals surface area contributed by atoms with E-state index in [9.17, 15) is 4.79 Å². The first-order valence-electron chi connectivity index (χ1n) is 8.01. The number of hydrogen-bond acceptors (Lipinski definition) is 4. The van der Waals surface area contributed by atoms with Gasteiger partial charge in [-0.05, 0) is 62.4 Å². The Morgan fingerprint density at radius 1 is 0.958 bits per heavy atom. The maximum atomic E-state index is 12.0. The van der Waals surface area contributed by atoms with Crippen LogP contribution in [-0.4, -0.2) is 25.7 Å². The number of rotatable bonds is 8. The lowest BCUT2D eigenvalue weighted by Crippen LogP contribution is -2.16. The van der Waals surface area contributed by atoms with Crippen molar-refractivity contribution in [2.45, 2.75) is 26.4 Å². The Labute approximate surface area is 143 Å². The molecule has 5 nitrogen and oxygen atoms in total. The van der Waals surface area contributed by atoms with Crippen molar-refractivity contribution in [1.29, 1.82) is 0 Å². The summed E-state index contributed by atoms with van der Waals surface area (Å²) in [4.78, 5) is 12.0. The molecule has 2 aromatic carbocycles. The van der Waals surface area contributed by atoms with Crippen LogP contribution < -0.4 is 20.1 Å². The van der Waals surface area contributed by atoms with Crippen LogP contribution in [-0.2, 0) is 4.79 Å². The lowest BCUT2D eigenvalue weighted by atomic mass is 10.2. The fraction of sp³-hybridized carbons (Fsp3) is 0.316. The molecule has 2 N–H and O–H groups in total. The van der Waals surface area contributed by atoms with Crippen LogP contribution in [0.2, 0.25) is 0 Å². The predicted molar refractivity (Wildman–Crippen MR) is 96.9 cm³/mol. The molecule has 0 spiro atoms. The van der Waals surface area contributed by atoms with Gasteiger partial charge in [0.2, 0.25) is 5.91 Å². The lowest BCUT2D eigenvalue weighted by Gasteiger charge is -2.11. The molecule has 1 amide bonds. The second-order valence-electron chi connectivity index (χ2n) is 5.64. The minimum absolute atomic E-state index is 0.0338. The standard InChI is InChI=1S/C19H24N2O3/c1-14(2)24-18-10-6-16(7-11-18)21-19(22)12-13-20-15-4-8-17(23-3)9-5-15/h4-11,14,20H,12-13H2,1-3H3,(H,21,22). The Morgan fingerprint density at radius 2 is 1.54 bits per heavy atom. The molecule has 0 aliphatic carbocycles. The van der Waals surface area contributed by atoms with Crippen molar-refractivity contribution in [3.05, 3.63) is 48.5 Å². The van der Waals surface area contributed by atoms with Crippen LogP contribution in [0, 0.1) is 0 Å². The molecule has 0 bridgehead atoms. The largest absolute Gasteiger partial charge is 0.497 e. The molecule has 0 saturated heterocycles. The van der Waals surface area contributed by atoms with Crippen molar-refractivity contribution in [2.24, 2.45) is 0 Å². The van der Waals surface area contributed by atoms with Crippen molar-refractivity contribution >= 4 is 17.3 Å². The van der Waals surface area contributed by atoms with Crippen LogP contribution in [0.5, 0.6) is 11.5 Å². The average molecular weight is 328 g/mol. The summed E-state index contributed by atoms with van der Waals surface area (Å²) >= 11 is 0. The first-order chi connectivity index (χ1) is 11.6. The van der Waals surface area contributed by atoms with Gasteiger partial charge in [-0.25, -0.2) is 0 Å². The highest BCUT2D eigenvalue weighted by atomic mass is 16.5. The van der Waals surface area contributed by atoms with Crippen LogP contribution in [0.25, 0.3) is 0 Å². The molecule has 0 aromatic heterocycles. The van der Waals surface area contributed by atoms with Crippen LogP contribution in [0.3, 0.4) is 0 Å². The van der Waals surface area contributed by atoms with E-state index in [4.69, 9.17) is 9.47 Å². The fourth-order valence-corrected chi connectivity index (χ4v) is 2.14. The molecule has 0 aliphatic heterocycles. The van der Waals surface area contributed by atoms with Gasteiger partial charge in [0.25, 0.3) is 0 Å². The number of carbonyl (C=O) groups is 1. The highest BCUT2D eigenvalue weighted by molar-refractivity contribution is 5.91. The number of amides is 1. The second-order valence-corrected chi connectivity index (χ2v) is 5.64. The number of anilines is 2. The number of benzene rings is 2. The molecule has 0 unspecified atom stereocenters. The molecule has 0 radical (unpaired) electrons. The maximum Gasteiger partial charge on any atom is 0.226 e. The van der Waals surface area contributed by atoms with E-state index in [1.165, 1.54) is 0 Å². The number of carbonyl (C=O) groups excluding carboxylic acids is 1. The van der Waals surface area contributed by atoms with Crippen molar-refractivity contribution in [3.63, 3.8) is 0 Å². The summed E-state index contributed by atoms with van der Waals surface area (Å²) in [5.74, 6) is 1.57. The van der Waals surface area contributed by atoms with Crippen LogP contribution in [0.15, 0.2) is 48.5 Å². The normalized spacial score (nSPS) is 10.3. The summed E-state index contributed by atoms with van der Waals surface area (Å²) in [6.07, 6.45) is 0.519. The van der Waals surface area contributed by atoms with Crippen LogP contribution in [0.4, 0.5) is 11.4 Å². The Balaban J connectivity index is 1.74. The average Bonchev–Trinajstić information content (AvgIpc) is 2.57. The lowest BCUT2D eigenvalue weighted by molar-refractivity contribution is -0.115. The predicted octanol–water partition coefficient (Wildman–Crippen LogP) is 3.92. The first kappa shape index (κ1) is 17.7. The van der Waals surface area contributed by atoms with E-state index in [2.05, 4.69) is 10.6 Å². The number of hydrogen-bond donors (Lipinski definition) is 2. The van der Waals surface area contributed by atoms with Gasteiger partial charge in [-0.15, -0.1) is 0 Å². The van der Waals surface area contributed by atoms with Gasteiger partial charge in [-0.1, -0.05) is 0 Å². The molecule has 2 aromatic rings. The summed E-state index contributed by atoms with van der Waals surface area (Å²) in [6.45, 7) is 4.52. The smallest absolute Gasteiger partial charge is 0.226 e. The van der Waals surface area contributed by atoms with Crippen molar-refractivity contribution < 1.29 is 14.3 Å². The molecule has 0 saturated carbocycles. The molecule has 0 fully saturated rings. The number of methoxy groups -OCH3 is 1. The van der Waals surface area contributed by atoms with E-state index in [1.807, 2.05) is 62.4 Å². The minimum atomic E-state index is -0.0338. The second kappa shape index (κ2) is 8.82. The van der Waals surface area contributed by atoms with Gasteiger partial charge in [0.15, 0.2) is 0 Å². The van der Waals surface area contributed by atoms with E-state index in [0.717, 1.165) is 22.9 Å². The third kappa shape index (κ3) is 5.83. The number of ether oxygens (including phenoxy) is 2. The molecular formula is C19H24N2O3. The topological polar surface area (TPSA) is 59.6 Å². The van der Waals surface area contributed by atoms with Gasteiger partial charge in [0.05, 0.1) is 13.2 Å². The van der Waals surface area contributed by atoms with Crippen molar-refractivity contribution in [1.82, 2.24) is 0 Å². The molecule has 0 heterocycles. The van der Waals surface area contributed by atoms with Gasteiger partial charge in [-0.3, -0.25) is 4.79 Å². The molecular weight excluding hydrogens is 304 g/mol. The summed E-state index contributed by atoms with van der Waals surface area (Å²) in [6, 6.07) is 15.0. The van der Waals surface area contributed by atoms with E-state index in [-0.39, 0.29) is 12.0 Å². The van der Waals surface area contributed by atoms with Gasteiger partial charge < -0.3 is 20.1 Å². The molecule has 24 heavy (non-hydrogen) atoms. The number of nitrogens with one attached hydrogen (secondary N) is 2. The van der Waals surface area contributed by atoms with Gasteiger partial charge in [-0.2, -0.15) is 0 Å². The van der Waals surface area contributed by atoms with E-state index in [1.54, 1.807) is 7.11 Å². The van der Waals surface area contributed by atoms with E-state index in [0.29, 0.717) is 13.0 Å². The summed E-state index contributed by atoms with van der Waals surface area (Å²) < 4.78 is 10.7. The monoisotopic (exact) mass is 328 g/mol. The Kier molecular flexibility index (Phi) is 6.49. The fourth-order valence-electron chi connectivity index (χ4n) is 2.14. The zero-order valence-electron chi connectivity index (χ0n) is 14.3. The summed E-state index contributed by atoms with van der Waals surface area (Å²) in [5.41, 5.74) is 1.72. The quantitative estimate of drug-likeness (QED) is 0.771. The highest BCUT2D eigenvalue weighted by Crippen LogP contribution is 2.17. The molecule has 0 aliphatic rings. The zero-order valence-corrected chi connectivity index (χ0v) is 14.3. The summed E-state index contributed by atoms with van der Waals surface area (Å²) in [7, 11) is 1.63. The molecule has 128 valence electrons. The van der Waals surface area contributed by atoms with Crippen molar-refractivity contribution in [3.8, 4) is 11.5 Å². The summed E-state index contributed by atoms with van der Waals surface area (Å²) in [5, 5.41) is 6.08. The minimum Gasteiger partial charge on any atom is -0.497 e. The highest BCUT2D eigenvalue weighted by Gasteiger charge is 2.03. The Bertz CT molecular complexity index is 637. The van der Waals surface area contributed by atoms with Gasteiger partial charge in [0, 0.05) is 24.3 Å². The van der Waals surface area contributed by atoms with E-state index < -0.39 is 0 Å². The molecule has 0 atom stereocenters.